The van der Waals surface area contributed by atoms with E-state index >= 15 is 0 Å². The van der Waals surface area contributed by atoms with E-state index in [-0.39, 0.29) is 50.2 Å². The van der Waals surface area contributed by atoms with Crippen molar-refractivity contribution in [1.29, 1.82) is 0 Å². The summed E-state index contributed by atoms with van der Waals surface area (Å²) in [4.78, 5) is 43.7. The lowest BCUT2D eigenvalue weighted by Gasteiger charge is -2.49. The molecule has 0 radical (unpaired) electrons. The Labute approximate surface area is 292 Å². The molecule has 51 heavy (non-hydrogen) atoms. The number of carboxylic acid groups (broad SMARTS) is 2. The molecule has 270 valence electrons. The molecule has 3 aliphatic rings. The zero-order valence-corrected chi connectivity index (χ0v) is 28.1. The second-order valence-electron chi connectivity index (χ2n) is 12.8. The van der Waals surface area contributed by atoms with E-state index in [0.29, 0.717) is 41.5 Å². The van der Waals surface area contributed by atoms with Crippen molar-refractivity contribution in [3.05, 3.63) is 94.3 Å². The van der Waals surface area contributed by atoms with Gasteiger partial charge in [-0.25, -0.2) is 18.4 Å². The molecular formula is C37H38F3N3O8. The van der Waals surface area contributed by atoms with E-state index in [2.05, 4.69) is 0 Å². The molecule has 2 fully saturated rings. The first-order valence-corrected chi connectivity index (χ1v) is 16.6. The van der Waals surface area contributed by atoms with Gasteiger partial charge >= 0.3 is 12.2 Å². The van der Waals surface area contributed by atoms with Crippen LogP contribution in [-0.2, 0) is 17.8 Å². The predicted octanol–water partition coefficient (Wildman–Crippen LogP) is 6.19. The van der Waals surface area contributed by atoms with Crippen LogP contribution in [0.2, 0.25) is 0 Å². The van der Waals surface area contributed by atoms with Gasteiger partial charge in [-0.15, -0.1) is 0 Å². The number of nitrogens with zero attached hydrogens (tertiary/aromatic N) is 3. The molecule has 3 aromatic rings. The summed E-state index contributed by atoms with van der Waals surface area (Å²) in [5.41, 5.74) is 3.21. The summed E-state index contributed by atoms with van der Waals surface area (Å²) in [5.74, 6) is -3.61. The number of methoxy groups -OCH3 is 2. The average Bonchev–Trinajstić information content (AvgIpc) is 3.96. The number of rotatable bonds is 12. The predicted molar refractivity (Wildman–Crippen MR) is 178 cm³/mol. The van der Waals surface area contributed by atoms with Gasteiger partial charge in [-0.1, -0.05) is 24.3 Å². The Morgan fingerprint density at radius 2 is 1.53 bits per heavy atom. The summed E-state index contributed by atoms with van der Waals surface area (Å²) in [6, 6.07) is 12.4. The monoisotopic (exact) mass is 709 g/mol. The van der Waals surface area contributed by atoms with Crippen LogP contribution in [0.15, 0.2) is 60.2 Å². The van der Waals surface area contributed by atoms with Gasteiger partial charge in [0.1, 0.15) is 11.5 Å². The maximum absolute atomic E-state index is 14.8. The fourth-order valence-electron chi connectivity index (χ4n) is 6.92. The van der Waals surface area contributed by atoms with E-state index in [4.69, 9.17) is 14.2 Å². The number of benzene rings is 3. The number of carbonyl (C=O) groups excluding carboxylic acids is 1. The van der Waals surface area contributed by atoms with Crippen molar-refractivity contribution in [1.82, 2.24) is 14.7 Å². The van der Waals surface area contributed by atoms with E-state index in [1.807, 2.05) is 36.4 Å². The van der Waals surface area contributed by atoms with Crippen molar-refractivity contribution < 1.29 is 52.0 Å². The van der Waals surface area contributed by atoms with Gasteiger partial charge in [-0.2, -0.15) is 4.39 Å². The molecule has 0 aromatic heterocycles. The Balaban J connectivity index is 1.30. The van der Waals surface area contributed by atoms with Gasteiger partial charge in [0.25, 0.3) is 5.91 Å². The summed E-state index contributed by atoms with van der Waals surface area (Å²) < 4.78 is 57.5. The molecule has 2 bridgehead atoms. The fourth-order valence-corrected chi connectivity index (χ4v) is 6.92. The highest BCUT2D eigenvalue weighted by Crippen LogP contribution is 2.41. The molecule has 2 aliphatic heterocycles. The standard InChI is InChI=1S/C37H38F3N3O8/c1-49-26-14-22(15-27(17-26)50-2)18-42(24-9-10-24)35(44)32-28(16-25-19-41(36(45)46)20-31(32)43(25)37(47)48)23-7-5-21(6-8-23)4-3-13-51-34-30(39)12-11-29(38)33(34)40/h5-8,11-12,14-15,17,24-25,31H,3-4,9-10,13,16,18-20H2,1-2H3,(H,45,46)(H,47,48)/t25-,31-/m1/s1. The fraction of sp³-hybridized carbons (Fsp3) is 0.378. The molecule has 2 atom stereocenters. The quantitative estimate of drug-likeness (QED) is 0.168. The number of fused-ring (bicyclic) bond motifs is 2. The van der Waals surface area contributed by atoms with E-state index in [1.54, 1.807) is 11.0 Å². The van der Waals surface area contributed by atoms with Crippen LogP contribution in [0.4, 0.5) is 22.8 Å². The van der Waals surface area contributed by atoms with E-state index in [1.165, 1.54) is 24.0 Å². The minimum Gasteiger partial charge on any atom is -0.497 e. The zero-order chi connectivity index (χ0) is 36.4. The molecule has 2 N–H and O–H groups in total. The zero-order valence-electron chi connectivity index (χ0n) is 28.1. The van der Waals surface area contributed by atoms with Gasteiger partial charge in [0.05, 0.1) is 32.9 Å². The molecule has 1 aliphatic carbocycles. The number of ether oxygens (including phenoxy) is 3. The Bertz CT molecular complexity index is 1830. The SMILES string of the molecule is COc1cc(CN(C(=O)C2=C(c3ccc(CCCOc4c(F)ccc(F)c4F)cc3)C[C@@H]3CN(C(=O)O)C[C@H]2N3C(=O)O)C2CC2)cc(OC)c1. The third-order valence-corrected chi connectivity index (χ3v) is 9.55. The van der Waals surface area contributed by atoms with Crippen molar-refractivity contribution in [2.45, 2.75) is 56.8 Å². The summed E-state index contributed by atoms with van der Waals surface area (Å²) in [6.45, 7) is -0.0972. The molecule has 1 saturated heterocycles. The summed E-state index contributed by atoms with van der Waals surface area (Å²) in [5, 5.41) is 20.2. The summed E-state index contributed by atoms with van der Waals surface area (Å²) >= 11 is 0. The van der Waals surface area contributed by atoms with Gasteiger partial charge in [0, 0.05) is 37.3 Å². The van der Waals surface area contributed by atoms with Crippen LogP contribution in [0.25, 0.3) is 5.57 Å². The van der Waals surface area contributed by atoms with Gasteiger partial charge in [0.15, 0.2) is 17.4 Å². The first-order valence-electron chi connectivity index (χ1n) is 16.6. The number of carbonyl (C=O) groups is 3. The lowest BCUT2D eigenvalue weighted by Crippen LogP contribution is -2.65. The highest BCUT2D eigenvalue weighted by Gasteiger charge is 2.49. The number of piperazine rings is 1. The van der Waals surface area contributed by atoms with Crippen molar-refractivity contribution in [3.8, 4) is 17.2 Å². The molecule has 3 aromatic carbocycles. The molecule has 2 heterocycles. The van der Waals surface area contributed by atoms with Crippen LogP contribution in [0.1, 0.15) is 42.4 Å². The maximum Gasteiger partial charge on any atom is 0.408 e. The van der Waals surface area contributed by atoms with Crippen molar-refractivity contribution in [3.63, 3.8) is 0 Å². The highest BCUT2D eigenvalue weighted by atomic mass is 19.2. The third-order valence-electron chi connectivity index (χ3n) is 9.55. The van der Waals surface area contributed by atoms with Gasteiger partial charge in [0.2, 0.25) is 5.82 Å². The minimum absolute atomic E-state index is 0.0381. The average molecular weight is 710 g/mol. The number of halogens is 3. The third kappa shape index (κ3) is 7.54. The first-order chi connectivity index (χ1) is 24.5. The van der Waals surface area contributed by atoms with Crippen molar-refractivity contribution in [2.24, 2.45) is 0 Å². The van der Waals surface area contributed by atoms with Crippen LogP contribution in [0.5, 0.6) is 17.2 Å². The molecule has 1 saturated carbocycles. The second-order valence-corrected chi connectivity index (χ2v) is 12.8. The lowest BCUT2D eigenvalue weighted by atomic mass is 9.81. The maximum atomic E-state index is 14.8. The van der Waals surface area contributed by atoms with Crippen LogP contribution in [-0.4, -0.2) is 95.0 Å². The number of amides is 3. The van der Waals surface area contributed by atoms with Gasteiger partial charge in [-0.05, 0) is 78.6 Å². The first kappa shape index (κ1) is 35.4. The number of hydrogen-bond donors (Lipinski definition) is 2. The topological polar surface area (TPSA) is 129 Å². The van der Waals surface area contributed by atoms with Gasteiger partial charge < -0.3 is 34.2 Å². The van der Waals surface area contributed by atoms with Crippen LogP contribution >= 0.6 is 0 Å². The van der Waals surface area contributed by atoms with Crippen LogP contribution < -0.4 is 14.2 Å². The summed E-state index contributed by atoms with van der Waals surface area (Å²) in [7, 11) is 3.06. The molecule has 0 spiro atoms. The second kappa shape index (κ2) is 14.8. The Hall–Kier alpha value is -5.40. The molecule has 11 nitrogen and oxygen atoms in total. The molecular weight excluding hydrogens is 671 g/mol. The lowest BCUT2D eigenvalue weighted by molar-refractivity contribution is -0.129. The van der Waals surface area contributed by atoms with E-state index in [9.17, 15) is 37.8 Å². The normalized spacial score (nSPS) is 18.4. The van der Waals surface area contributed by atoms with Crippen LogP contribution in [0, 0.1) is 17.5 Å². The molecule has 6 rings (SSSR count). The Kier molecular flexibility index (Phi) is 10.3. The largest absolute Gasteiger partial charge is 0.497 e. The smallest absolute Gasteiger partial charge is 0.408 e. The summed E-state index contributed by atoms with van der Waals surface area (Å²) in [6.07, 6.45) is 0.0725. The van der Waals surface area contributed by atoms with Crippen LogP contribution in [0.3, 0.4) is 0 Å². The molecule has 3 amide bonds. The van der Waals surface area contributed by atoms with Crippen molar-refractivity contribution in [2.75, 3.05) is 33.9 Å². The van der Waals surface area contributed by atoms with Crippen molar-refractivity contribution >= 4 is 23.7 Å². The Morgan fingerprint density at radius 1 is 0.863 bits per heavy atom. The number of hydrogen-bond acceptors (Lipinski definition) is 6. The highest BCUT2D eigenvalue weighted by molar-refractivity contribution is 6.04. The van der Waals surface area contributed by atoms with Gasteiger partial charge in [-0.3, -0.25) is 9.69 Å². The van der Waals surface area contributed by atoms with E-state index < -0.39 is 47.5 Å². The Morgan fingerprint density at radius 3 is 2.14 bits per heavy atom. The minimum atomic E-state index is -1.38. The molecule has 14 heteroatoms. The molecule has 0 unspecified atom stereocenters. The number of aryl methyl sites for hydroxylation is 1. The van der Waals surface area contributed by atoms with E-state index in [0.717, 1.165) is 30.0 Å².